The maximum Gasteiger partial charge on any atom is 0.338 e. The molecule has 0 fully saturated rings. The van der Waals surface area contributed by atoms with Crippen LogP contribution in [0.3, 0.4) is 0 Å². The van der Waals surface area contributed by atoms with E-state index in [2.05, 4.69) is 4.98 Å². The number of methoxy groups -OCH3 is 1. The fourth-order valence-corrected chi connectivity index (χ4v) is 4.16. The van der Waals surface area contributed by atoms with Gasteiger partial charge in [-0.2, -0.15) is 0 Å². The molecule has 0 saturated carbocycles. The molecule has 1 amide bonds. The molecule has 0 aliphatic carbocycles. The van der Waals surface area contributed by atoms with Crippen LogP contribution in [0.15, 0.2) is 42.5 Å². The highest BCUT2D eigenvalue weighted by atomic mass is 35.5. The van der Waals surface area contributed by atoms with Crippen molar-refractivity contribution >= 4 is 40.8 Å². The number of carboxylic acid groups (broad SMARTS) is 1. The van der Waals surface area contributed by atoms with Gasteiger partial charge in [-0.25, -0.2) is 4.79 Å². The predicted octanol–water partition coefficient (Wildman–Crippen LogP) is 5.23. The molecule has 0 spiro atoms. The summed E-state index contributed by atoms with van der Waals surface area (Å²) in [7, 11) is 1.56. The van der Waals surface area contributed by atoms with Gasteiger partial charge in [0.2, 0.25) is 0 Å². The molecule has 2 aromatic carbocycles. The minimum Gasteiger partial charge on any atom is -0.497 e. The van der Waals surface area contributed by atoms with Gasteiger partial charge < -0.3 is 14.7 Å². The molecule has 30 heavy (non-hydrogen) atoms. The number of amides is 1. The van der Waals surface area contributed by atoms with Gasteiger partial charge >= 0.3 is 5.97 Å². The Balaban J connectivity index is 1.93. The van der Waals surface area contributed by atoms with Crippen LogP contribution < -0.4 is 9.64 Å². The SMILES string of the molecule is COc1ccc(N2Cc3nc(C)c(C(=O)O)c(-c4ccc(Cl)cc4Cl)c3C2=O)cc1. The Hall–Kier alpha value is -3.09. The van der Waals surface area contributed by atoms with Gasteiger partial charge in [0.1, 0.15) is 5.75 Å². The Kier molecular flexibility index (Phi) is 5.13. The average molecular weight is 443 g/mol. The molecule has 8 heteroatoms. The van der Waals surface area contributed by atoms with Gasteiger partial charge in [-0.05, 0) is 43.3 Å². The highest BCUT2D eigenvalue weighted by Gasteiger charge is 2.36. The van der Waals surface area contributed by atoms with E-state index in [1.54, 1.807) is 55.3 Å². The number of pyridine rings is 1. The summed E-state index contributed by atoms with van der Waals surface area (Å²) in [6.45, 7) is 1.83. The molecule has 152 valence electrons. The molecule has 6 nitrogen and oxygen atoms in total. The van der Waals surface area contributed by atoms with E-state index < -0.39 is 5.97 Å². The quantitative estimate of drug-likeness (QED) is 0.597. The second-order valence-electron chi connectivity index (χ2n) is 6.79. The summed E-state index contributed by atoms with van der Waals surface area (Å²) in [4.78, 5) is 31.5. The van der Waals surface area contributed by atoms with Gasteiger partial charge in [-0.3, -0.25) is 9.78 Å². The van der Waals surface area contributed by atoms with Crippen LogP contribution in [0.5, 0.6) is 5.75 Å². The fourth-order valence-electron chi connectivity index (χ4n) is 3.66. The van der Waals surface area contributed by atoms with E-state index in [-0.39, 0.29) is 34.2 Å². The van der Waals surface area contributed by atoms with Crippen molar-refractivity contribution < 1.29 is 19.4 Å². The number of aromatic carboxylic acids is 1. The number of anilines is 1. The van der Waals surface area contributed by atoms with E-state index in [1.165, 1.54) is 6.07 Å². The summed E-state index contributed by atoms with van der Waals surface area (Å²) < 4.78 is 5.17. The molecule has 0 radical (unpaired) electrons. The zero-order valence-electron chi connectivity index (χ0n) is 16.1. The first-order valence-electron chi connectivity index (χ1n) is 9.00. The first-order chi connectivity index (χ1) is 14.3. The van der Waals surface area contributed by atoms with Crippen molar-refractivity contribution in [2.45, 2.75) is 13.5 Å². The third kappa shape index (κ3) is 3.28. The van der Waals surface area contributed by atoms with Crippen molar-refractivity contribution in [2.24, 2.45) is 0 Å². The maximum atomic E-state index is 13.4. The minimum absolute atomic E-state index is 0.0529. The number of fused-ring (bicyclic) bond motifs is 1. The molecule has 2 heterocycles. The smallest absolute Gasteiger partial charge is 0.338 e. The second kappa shape index (κ2) is 7.63. The number of benzene rings is 2. The molecular formula is C22H16Cl2N2O4. The standard InChI is InChI=1S/C22H16Cl2N2O4/c1-11-18(22(28)29)19(15-8-3-12(23)9-16(15)24)20-17(25-11)10-26(21(20)27)13-4-6-14(30-2)7-5-13/h3-9H,10H2,1-2H3,(H,28,29). The largest absolute Gasteiger partial charge is 0.497 e. The monoisotopic (exact) mass is 442 g/mol. The molecule has 4 rings (SSSR count). The number of carbonyl (C=O) groups excluding carboxylic acids is 1. The fraction of sp³-hybridized carbons (Fsp3) is 0.136. The first-order valence-corrected chi connectivity index (χ1v) is 9.75. The van der Waals surface area contributed by atoms with Crippen LogP contribution in [0, 0.1) is 6.92 Å². The normalized spacial score (nSPS) is 12.8. The molecule has 0 bridgehead atoms. The van der Waals surface area contributed by atoms with Gasteiger partial charge in [-0.15, -0.1) is 0 Å². The number of rotatable bonds is 4. The number of hydrogen-bond donors (Lipinski definition) is 1. The van der Waals surface area contributed by atoms with E-state index in [4.69, 9.17) is 27.9 Å². The van der Waals surface area contributed by atoms with E-state index in [0.717, 1.165) is 0 Å². The van der Waals surface area contributed by atoms with Crippen LogP contribution in [0.4, 0.5) is 5.69 Å². The summed E-state index contributed by atoms with van der Waals surface area (Å²) in [5.74, 6) is -0.857. The zero-order valence-corrected chi connectivity index (χ0v) is 17.6. The molecule has 1 aliphatic rings. The number of hydrogen-bond acceptors (Lipinski definition) is 4. The number of aryl methyl sites for hydroxylation is 1. The van der Waals surface area contributed by atoms with Crippen LogP contribution in [-0.4, -0.2) is 29.1 Å². The Morgan fingerprint density at radius 1 is 1.13 bits per heavy atom. The van der Waals surface area contributed by atoms with Crippen LogP contribution in [0.2, 0.25) is 10.0 Å². The number of carboxylic acids is 1. The third-order valence-electron chi connectivity index (χ3n) is 5.02. The van der Waals surface area contributed by atoms with Crippen LogP contribution >= 0.6 is 23.2 Å². The Labute approximate surface area is 182 Å². The highest BCUT2D eigenvalue weighted by Crippen LogP contribution is 2.41. The van der Waals surface area contributed by atoms with Crippen molar-refractivity contribution in [2.75, 3.05) is 12.0 Å². The molecular weight excluding hydrogens is 427 g/mol. The van der Waals surface area contributed by atoms with Crippen LogP contribution in [0.1, 0.15) is 32.1 Å². The van der Waals surface area contributed by atoms with Gasteiger partial charge in [-0.1, -0.05) is 29.3 Å². The summed E-state index contributed by atoms with van der Waals surface area (Å²) >= 11 is 12.4. The summed E-state index contributed by atoms with van der Waals surface area (Å²) in [5.41, 5.74) is 2.33. The van der Waals surface area contributed by atoms with Crippen LogP contribution in [0.25, 0.3) is 11.1 Å². The van der Waals surface area contributed by atoms with Gasteiger partial charge in [0.15, 0.2) is 0 Å². The highest BCUT2D eigenvalue weighted by molar-refractivity contribution is 6.37. The summed E-state index contributed by atoms with van der Waals surface area (Å²) in [6.07, 6.45) is 0. The molecule has 1 aliphatic heterocycles. The van der Waals surface area contributed by atoms with E-state index in [9.17, 15) is 14.7 Å². The van der Waals surface area contributed by atoms with E-state index in [1.807, 2.05) is 0 Å². The molecule has 0 saturated heterocycles. The van der Waals surface area contributed by atoms with Crippen molar-refractivity contribution in [3.63, 3.8) is 0 Å². The minimum atomic E-state index is -1.18. The average Bonchev–Trinajstić information content (AvgIpc) is 3.03. The van der Waals surface area contributed by atoms with Gasteiger partial charge in [0.25, 0.3) is 5.91 Å². The maximum absolute atomic E-state index is 13.4. The van der Waals surface area contributed by atoms with Crippen molar-refractivity contribution in [1.82, 2.24) is 4.98 Å². The number of halogens is 2. The first kappa shape index (κ1) is 20.2. The summed E-state index contributed by atoms with van der Waals surface area (Å²) in [5, 5.41) is 10.5. The molecule has 3 aromatic rings. The molecule has 0 unspecified atom stereocenters. The topological polar surface area (TPSA) is 79.7 Å². The van der Waals surface area contributed by atoms with Crippen molar-refractivity contribution in [3.8, 4) is 16.9 Å². The number of nitrogens with zero attached hydrogens (tertiary/aromatic N) is 2. The molecule has 0 atom stereocenters. The Morgan fingerprint density at radius 3 is 2.43 bits per heavy atom. The number of carbonyl (C=O) groups is 2. The lowest BCUT2D eigenvalue weighted by Gasteiger charge is -2.17. The lowest BCUT2D eigenvalue weighted by atomic mass is 9.93. The molecule has 1 aromatic heterocycles. The van der Waals surface area contributed by atoms with Gasteiger partial charge in [0, 0.05) is 26.9 Å². The van der Waals surface area contributed by atoms with Crippen LogP contribution in [-0.2, 0) is 6.54 Å². The lowest BCUT2D eigenvalue weighted by molar-refractivity contribution is 0.0696. The van der Waals surface area contributed by atoms with E-state index in [0.29, 0.717) is 33.4 Å². The lowest BCUT2D eigenvalue weighted by Crippen LogP contribution is -2.23. The second-order valence-corrected chi connectivity index (χ2v) is 7.63. The van der Waals surface area contributed by atoms with Crippen molar-refractivity contribution in [1.29, 1.82) is 0 Å². The predicted molar refractivity (Wildman–Crippen MR) is 115 cm³/mol. The van der Waals surface area contributed by atoms with E-state index >= 15 is 0 Å². The number of ether oxygens (including phenoxy) is 1. The third-order valence-corrected chi connectivity index (χ3v) is 5.57. The van der Waals surface area contributed by atoms with Gasteiger partial charge in [0.05, 0.1) is 36.2 Å². The molecule has 1 N–H and O–H groups in total. The Bertz CT molecular complexity index is 1190. The zero-order chi connectivity index (χ0) is 21.6. The van der Waals surface area contributed by atoms with Crippen molar-refractivity contribution in [3.05, 3.63) is 75.0 Å². The summed E-state index contributed by atoms with van der Waals surface area (Å²) in [6, 6.07) is 11.8. The Morgan fingerprint density at radius 2 is 1.83 bits per heavy atom. The number of aromatic nitrogens is 1.